The number of H-pyrrole nitrogens is 1. The molecule has 2 aromatic rings. The summed E-state index contributed by atoms with van der Waals surface area (Å²) in [6.45, 7) is 1.99. The van der Waals surface area contributed by atoms with Gasteiger partial charge in [-0.2, -0.15) is 0 Å². The van der Waals surface area contributed by atoms with Crippen molar-refractivity contribution in [2.24, 2.45) is 0 Å². The van der Waals surface area contributed by atoms with E-state index < -0.39 is 0 Å². The Balaban J connectivity index is 2.48. The van der Waals surface area contributed by atoms with Gasteiger partial charge in [0.05, 0.1) is 11.4 Å². The van der Waals surface area contributed by atoms with E-state index in [1.165, 1.54) is 0 Å². The van der Waals surface area contributed by atoms with Crippen molar-refractivity contribution in [2.75, 3.05) is 0 Å². The Morgan fingerprint density at radius 2 is 2.08 bits per heavy atom. The molecular formula is C10H10N2. The van der Waals surface area contributed by atoms with E-state index in [0.29, 0.717) is 0 Å². The number of aromatic nitrogens is 2. The molecule has 0 saturated carbocycles. The summed E-state index contributed by atoms with van der Waals surface area (Å²) in [6, 6.07) is 9.99. The summed E-state index contributed by atoms with van der Waals surface area (Å²) in [7, 11) is 0. The minimum atomic E-state index is 1.00. The summed E-state index contributed by atoms with van der Waals surface area (Å²) < 4.78 is 0. The van der Waals surface area contributed by atoms with E-state index in [-0.39, 0.29) is 0 Å². The summed E-state index contributed by atoms with van der Waals surface area (Å²) in [5.74, 6) is 0. The molecule has 0 bridgehead atoms. The molecule has 0 aliphatic rings. The van der Waals surface area contributed by atoms with E-state index in [2.05, 4.69) is 9.97 Å². The van der Waals surface area contributed by atoms with Gasteiger partial charge in [0.1, 0.15) is 0 Å². The number of hydrogen-bond acceptors (Lipinski definition) is 1. The third-order valence-electron chi connectivity index (χ3n) is 1.76. The zero-order valence-corrected chi connectivity index (χ0v) is 6.91. The predicted octanol–water partition coefficient (Wildman–Crippen LogP) is 2.39. The molecule has 12 heavy (non-hydrogen) atoms. The predicted molar refractivity (Wildman–Crippen MR) is 48.8 cm³/mol. The SMILES string of the molecule is Cc1cccc(-c2ccc[nH]2)n1. The average molecular weight is 158 g/mol. The van der Waals surface area contributed by atoms with Gasteiger partial charge in [-0.1, -0.05) is 6.07 Å². The highest BCUT2D eigenvalue weighted by molar-refractivity contribution is 5.53. The molecule has 0 amide bonds. The Kier molecular flexibility index (Phi) is 1.67. The normalized spacial score (nSPS) is 10.1. The van der Waals surface area contributed by atoms with Crippen LogP contribution in [0.4, 0.5) is 0 Å². The zero-order chi connectivity index (χ0) is 8.39. The summed E-state index contributed by atoms with van der Waals surface area (Å²) in [4.78, 5) is 7.50. The van der Waals surface area contributed by atoms with Crippen molar-refractivity contribution in [1.82, 2.24) is 9.97 Å². The molecule has 0 radical (unpaired) electrons. The van der Waals surface area contributed by atoms with Crippen molar-refractivity contribution in [3.63, 3.8) is 0 Å². The highest BCUT2D eigenvalue weighted by Gasteiger charge is 1.97. The van der Waals surface area contributed by atoms with Crippen LogP contribution in [0.1, 0.15) is 5.69 Å². The summed E-state index contributed by atoms with van der Waals surface area (Å²) in [5.41, 5.74) is 3.11. The van der Waals surface area contributed by atoms with Crippen LogP contribution in [0, 0.1) is 6.92 Å². The van der Waals surface area contributed by atoms with Crippen molar-refractivity contribution in [3.05, 3.63) is 42.2 Å². The van der Waals surface area contributed by atoms with Gasteiger partial charge < -0.3 is 4.98 Å². The lowest BCUT2D eigenvalue weighted by Crippen LogP contribution is -1.85. The molecule has 60 valence electrons. The van der Waals surface area contributed by atoms with E-state index in [9.17, 15) is 0 Å². The Hall–Kier alpha value is -1.57. The summed E-state index contributed by atoms with van der Waals surface area (Å²) in [6.07, 6.45) is 1.90. The van der Waals surface area contributed by atoms with Gasteiger partial charge >= 0.3 is 0 Å². The number of hydrogen-bond donors (Lipinski definition) is 1. The van der Waals surface area contributed by atoms with Crippen LogP contribution in [0.5, 0.6) is 0 Å². The third kappa shape index (κ3) is 1.23. The fourth-order valence-corrected chi connectivity index (χ4v) is 1.18. The first kappa shape index (κ1) is 7.10. The van der Waals surface area contributed by atoms with Crippen LogP contribution >= 0.6 is 0 Å². The van der Waals surface area contributed by atoms with Gasteiger partial charge in [0, 0.05) is 11.9 Å². The van der Waals surface area contributed by atoms with Crippen LogP contribution in [0.3, 0.4) is 0 Å². The van der Waals surface area contributed by atoms with Crippen LogP contribution in [-0.2, 0) is 0 Å². The molecule has 0 fully saturated rings. The number of rotatable bonds is 1. The Labute approximate surface area is 71.3 Å². The molecule has 0 aromatic carbocycles. The minimum absolute atomic E-state index is 1.00. The van der Waals surface area contributed by atoms with Crippen LogP contribution in [0.2, 0.25) is 0 Å². The molecule has 0 unspecified atom stereocenters. The minimum Gasteiger partial charge on any atom is -0.360 e. The number of nitrogens with one attached hydrogen (secondary N) is 1. The van der Waals surface area contributed by atoms with Gasteiger partial charge in [-0.05, 0) is 31.2 Å². The zero-order valence-electron chi connectivity index (χ0n) is 6.91. The van der Waals surface area contributed by atoms with Gasteiger partial charge in [-0.25, -0.2) is 0 Å². The highest BCUT2D eigenvalue weighted by Crippen LogP contribution is 2.13. The fraction of sp³-hybridized carbons (Fsp3) is 0.100. The lowest BCUT2D eigenvalue weighted by atomic mass is 10.2. The second kappa shape index (κ2) is 2.81. The van der Waals surface area contributed by atoms with Crippen molar-refractivity contribution >= 4 is 0 Å². The molecule has 2 nitrogen and oxygen atoms in total. The molecule has 2 heterocycles. The molecule has 0 atom stereocenters. The largest absolute Gasteiger partial charge is 0.360 e. The van der Waals surface area contributed by atoms with Gasteiger partial charge in [0.15, 0.2) is 0 Å². The molecule has 2 aromatic heterocycles. The van der Waals surface area contributed by atoms with E-state index in [1.807, 2.05) is 43.5 Å². The average Bonchev–Trinajstić information content (AvgIpc) is 2.56. The first-order chi connectivity index (χ1) is 5.86. The van der Waals surface area contributed by atoms with Crippen molar-refractivity contribution in [2.45, 2.75) is 6.92 Å². The number of aromatic amines is 1. The number of pyridine rings is 1. The van der Waals surface area contributed by atoms with E-state index in [0.717, 1.165) is 17.1 Å². The van der Waals surface area contributed by atoms with Crippen molar-refractivity contribution < 1.29 is 0 Å². The van der Waals surface area contributed by atoms with Gasteiger partial charge in [-0.3, -0.25) is 4.98 Å². The first-order valence-corrected chi connectivity index (χ1v) is 3.94. The molecule has 2 rings (SSSR count). The van der Waals surface area contributed by atoms with Crippen LogP contribution < -0.4 is 0 Å². The maximum atomic E-state index is 4.38. The van der Waals surface area contributed by atoms with Crippen LogP contribution in [-0.4, -0.2) is 9.97 Å². The second-order valence-electron chi connectivity index (χ2n) is 2.75. The van der Waals surface area contributed by atoms with E-state index in [4.69, 9.17) is 0 Å². The van der Waals surface area contributed by atoms with Crippen LogP contribution in [0.25, 0.3) is 11.4 Å². The van der Waals surface area contributed by atoms with Gasteiger partial charge in [-0.15, -0.1) is 0 Å². The monoisotopic (exact) mass is 158 g/mol. The highest BCUT2D eigenvalue weighted by atomic mass is 14.8. The number of aryl methyl sites for hydroxylation is 1. The van der Waals surface area contributed by atoms with Gasteiger partial charge in [0.2, 0.25) is 0 Å². The molecule has 0 spiro atoms. The van der Waals surface area contributed by atoms with Gasteiger partial charge in [0.25, 0.3) is 0 Å². The topological polar surface area (TPSA) is 28.7 Å². The maximum Gasteiger partial charge on any atom is 0.0867 e. The quantitative estimate of drug-likeness (QED) is 0.678. The smallest absolute Gasteiger partial charge is 0.0867 e. The maximum absolute atomic E-state index is 4.38. The second-order valence-corrected chi connectivity index (χ2v) is 2.75. The van der Waals surface area contributed by atoms with E-state index in [1.54, 1.807) is 0 Å². The Morgan fingerprint density at radius 3 is 2.75 bits per heavy atom. The lowest BCUT2D eigenvalue weighted by Gasteiger charge is -1.97. The molecule has 1 N–H and O–H groups in total. The van der Waals surface area contributed by atoms with Crippen molar-refractivity contribution in [3.8, 4) is 11.4 Å². The molecular weight excluding hydrogens is 148 g/mol. The molecule has 0 aliphatic carbocycles. The number of nitrogens with zero attached hydrogens (tertiary/aromatic N) is 1. The Morgan fingerprint density at radius 1 is 1.17 bits per heavy atom. The lowest BCUT2D eigenvalue weighted by molar-refractivity contribution is 1.19. The third-order valence-corrected chi connectivity index (χ3v) is 1.76. The Bertz CT molecular complexity index is 363. The molecule has 0 aliphatic heterocycles. The fourth-order valence-electron chi connectivity index (χ4n) is 1.18. The summed E-state index contributed by atoms with van der Waals surface area (Å²) in [5, 5.41) is 0. The van der Waals surface area contributed by atoms with Crippen LogP contribution in [0.15, 0.2) is 36.5 Å². The standard InChI is InChI=1S/C10H10N2/c1-8-4-2-5-10(12-8)9-6-3-7-11-9/h2-7,11H,1H3. The molecule has 2 heteroatoms. The van der Waals surface area contributed by atoms with Crippen molar-refractivity contribution in [1.29, 1.82) is 0 Å². The summed E-state index contributed by atoms with van der Waals surface area (Å²) >= 11 is 0. The first-order valence-electron chi connectivity index (χ1n) is 3.94. The molecule has 0 saturated heterocycles. The van der Waals surface area contributed by atoms with E-state index >= 15 is 0 Å².